The van der Waals surface area contributed by atoms with E-state index in [2.05, 4.69) is 46.4 Å². The van der Waals surface area contributed by atoms with E-state index >= 15 is 0 Å². The van der Waals surface area contributed by atoms with Crippen molar-refractivity contribution in [3.8, 4) is 0 Å². The Balaban J connectivity index is 1.46. The number of halogens is 1. The van der Waals surface area contributed by atoms with Crippen LogP contribution in [0.15, 0.2) is 22.7 Å². The highest BCUT2D eigenvalue weighted by molar-refractivity contribution is 9.10. The van der Waals surface area contributed by atoms with Gasteiger partial charge in [-0.25, -0.2) is 4.79 Å². The van der Waals surface area contributed by atoms with Crippen molar-refractivity contribution in [3.05, 3.63) is 28.2 Å². The molecule has 138 valence electrons. The number of piperidine rings is 1. The van der Waals surface area contributed by atoms with E-state index in [4.69, 9.17) is 4.74 Å². The summed E-state index contributed by atoms with van der Waals surface area (Å²) in [5.41, 5.74) is 2.44. The van der Waals surface area contributed by atoms with Crippen molar-refractivity contribution in [2.24, 2.45) is 5.41 Å². The standard InChI is InChI=1S/C20H29BrN2O2/c1-14-5-6-15(11-17(14)21)22-16-12-20(13-16)7-9-23(10-8-20)18(24)25-19(2,3)4/h5-6,11,16,22H,7-10,12-13H2,1-4H3. The van der Waals surface area contributed by atoms with Gasteiger partial charge in [0.15, 0.2) is 0 Å². The summed E-state index contributed by atoms with van der Waals surface area (Å²) in [5.74, 6) is 0. The molecule has 1 saturated heterocycles. The number of nitrogens with zero attached hydrogens (tertiary/aromatic N) is 1. The number of carbonyl (C=O) groups is 1. The molecule has 0 atom stereocenters. The van der Waals surface area contributed by atoms with Crippen LogP contribution in [0.1, 0.15) is 52.0 Å². The van der Waals surface area contributed by atoms with Crippen molar-refractivity contribution in [2.75, 3.05) is 18.4 Å². The van der Waals surface area contributed by atoms with Crippen molar-refractivity contribution in [1.29, 1.82) is 0 Å². The zero-order chi connectivity index (χ0) is 18.2. The summed E-state index contributed by atoms with van der Waals surface area (Å²) in [6, 6.07) is 6.99. The Morgan fingerprint density at radius 1 is 1.28 bits per heavy atom. The quantitative estimate of drug-likeness (QED) is 0.716. The molecule has 0 unspecified atom stereocenters. The number of likely N-dealkylation sites (tertiary alicyclic amines) is 1. The van der Waals surface area contributed by atoms with Crippen LogP contribution < -0.4 is 5.32 Å². The molecule has 0 aromatic heterocycles. The van der Waals surface area contributed by atoms with Crippen LogP contribution in [0, 0.1) is 12.3 Å². The minimum Gasteiger partial charge on any atom is -0.444 e. The molecule has 25 heavy (non-hydrogen) atoms. The third-order valence-electron chi connectivity index (χ3n) is 5.38. The molecular formula is C20H29BrN2O2. The van der Waals surface area contributed by atoms with Gasteiger partial charge in [-0.15, -0.1) is 0 Å². The topological polar surface area (TPSA) is 41.6 Å². The summed E-state index contributed by atoms with van der Waals surface area (Å²) >= 11 is 3.60. The largest absolute Gasteiger partial charge is 0.444 e. The molecule has 1 spiro atoms. The Kier molecular flexibility index (Phi) is 5.06. The highest BCUT2D eigenvalue weighted by Gasteiger charge is 2.46. The van der Waals surface area contributed by atoms with Gasteiger partial charge in [-0.2, -0.15) is 0 Å². The van der Waals surface area contributed by atoms with E-state index in [0.717, 1.165) is 30.4 Å². The number of carbonyl (C=O) groups excluding carboxylic acids is 1. The van der Waals surface area contributed by atoms with Gasteiger partial charge in [-0.1, -0.05) is 22.0 Å². The number of aryl methyl sites for hydroxylation is 1. The second-order valence-corrected chi connectivity index (χ2v) is 9.54. The second kappa shape index (κ2) is 6.82. The molecule has 3 rings (SSSR count). The zero-order valence-electron chi connectivity index (χ0n) is 15.7. The van der Waals surface area contributed by atoms with E-state index in [0.29, 0.717) is 11.5 Å². The Bertz CT molecular complexity index is 638. The smallest absolute Gasteiger partial charge is 0.410 e. The third kappa shape index (κ3) is 4.49. The summed E-state index contributed by atoms with van der Waals surface area (Å²) in [5, 5.41) is 3.65. The molecule has 1 aliphatic carbocycles. The lowest BCUT2D eigenvalue weighted by Gasteiger charge is -2.52. The Labute approximate surface area is 159 Å². The maximum atomic E-state index is 12.2. The van der Waals surface area contributed by atoms with E-state index in [1.54, 1.807) is 0 Å². The van der Waals surface area contributed by atoms with Crippen molar-refractivity contribution in [2.45, 2.75) is 65.0 Å². The average molecular weight is 409 g/mol. The fourth-order valence-corrected chi connectivity index (χ4v) is 4.28. The van der Waals surface area contributed by atoms with Gasteiger partial charge in [0.2, 0.25) is 0 Å². The number of ether oxygens (including phenoxy) is 1. The van der Waals surface area contributed by atoms with E-state index in [9.17, 15) is 4.79 Å². The van der Waals surface area contributed by atoms with Crippen LogP contribution in [-0.4, -0.2) is 35.7 Å². The molecule has 4 nitrogen and oxygen atoms in total. The fraction of sp³-hybridized carbons (Fsp3) is 0.650. The van der Waals surface area contributed by atoms with Crippen LogP contribution in [-0.2, 0) is 4.74 Å². The lowest BCUT2D eigenvalue weighted by atomic mass is 9.60. The minimum absolute atomic E-state index is 0.166. The SMILES string of the molecule is Cc1ccc(NC2CC3(CCN(C(=O)OC(C)(C)C)CC3)C2)cc1Br. The first-order chi connectivity index (χ1) is 11.7. The lowest BCUT2D eigenvalue weighted by molar-refractivity contribution is -0.00859. The number of amides is 1. The predicted molar refractivity (Wildman–Crippen MR) is 105 cm³/mol. The van der Waals surface area contributed by atoms with Crippen LogP contribution in [0.4, 0.5) is 10.5 Å². The Hall–Kier alpha value is -1.23. The number of rotatable bonds is 2. The Morgan fingerprint density at radius 3 is 2.48 bits per heavy atom. The van der Waals surface area contributed by atoms with Crippen molar-refractivity contribution >= 4 is 27.7 Å². The van der Waals surface area contributed by atoms with Gasteiger partial charge in [-0.05, 0) is 76.5 Å². The maximum Gasteiger partial charge on any atom is 0.410 e. The molecule has 0 bridgehead atoms. The lowest BCUT2D eigenvalue weighted by Crippen LogP contribution is -2.53. The van der Waals surface area contributed by atoms with Crippen LogP contribution in [0.5, 0.6) is 0 Å². The summed E-state index contributed by atoms with van der Waals surface area (Å²) in [6.07, 6.45) is 4.39. The van der Waals surface area contributed by atoms with Gasteiger partial charge in [-0.3, -0.25) is 0 Å². The second-order valence-electron chi connectivity index (χ2n) is 8.68. The molecule has 1 aromatic rings. The van der Waals surface area contributed by atoms with Gasteiger partial charge in [0, 0.05) is 29.3 Å². The van der Waals surface area contributed by atoms with Crippen molar-refractivity contribution < 1.29 is 9.53 Å². The van der Waals surface area contributed by atoms with Crippen LogP contribution >= 0.6 is 15.9 Å². The van der Waals surface area contributed by atoms with Crippen molar-refractivity contribution in [3.63, 3.8) is 0 Å². The van der Waals surface area contributed by atoms with Gasteiger partial charge in [0.05, 0.1) is 0 Å². The number of hydrogen-bond acceptors (Lipinski definition) is 3. The fourth-order valence-electron chi connectivity index (χ4n) is 3.90. The van der Waals surface area contributed by atoms with Crippen molar-refractivity contribution in [1.82, 2.24) is 4.90 Å². The normalized spacial score (nSPS) is 20.3. The minimum atomic E-state index is -0.417. The molecule has 0 radical (unpaired) electrons. The number of anilines is 1. The molecule has 1 amide bonds. The molecular weight excluding hydrogens is 380 g/mol. The van der Waals surface area contributed by atoms with E-state index in [-0.39, 0.29) is 6.09 Å². The monoisotopic (exact) mass is 408 g/mol. The highest BCUT2D eigenvalue weighted by Crippen LogP contribution is 2.50. The molecule has 5 heteroatoms. The molecule has 2 aliphatic rings. The molecule has 1 aliphatic heterocycles. The van der Waals surface area contributed by atoms with Crippen LogP contribution in [0.3, 0.4) is 0 Å². The van der Waals surface area contributed by atoms with Crippen LogP contribution in [0.25, 0.3) is 0 Å². The number of nitrogens with one attached hydrogen (secondary N) is 1. The first-order valence-electron chi connectivity index (χ1n) is 9.16. The number of benzene rings is 1. The van der Waals surface area contributed by atoms with Gasteiger partial charge >= 0.3 is 6.09 Å². The van der Waals surface area contributed by atoms with Gasteiger partial charge in [0.25, 0.3) is 0 Å². The molecule has 1 heterocycles. The van der Waals surface area contributed by atoms with E-state index in [1.165, 1.54) is 24.1 Å². The average Bonchev–Trinajstić information content (AvgIpc) is 2.48. The Morgan fingerprint density at radius 2 is 1.92 bits per heavy atom. The highest BCUT2D eigenvalue weighted by atomic mass is 79.9. The van der Waals surface area contributed by atoms with E-state index < -0.39 is 5.60 Å². The third-order valence-corrected chi connectivity index (χ3v) is 6.23. The summed E-state index contributed by atoms with van der Waals surface area (Å²) in [4.78, 5) is 14.1. The zero-order valence-corrected chi connectivity index (χ0v) is 17.3. The molecule has 1 saturated carbocycles. The van der Waals surface area contributed by atoms with Crippen LogP contribution in [0.2, 0.25) is 0 Å². The maximum absolute atomic E-state index is 12.2. The first-order valence-corrected chi connectivity index (χ1v) is 9.96. The molecule has 1 aromatic carbocycles. The number of hydrogen-bond donors (Lipinski definition) is 1. The van der Waals surface area contributed by atoms with E-state index in [1.807, 2.05) is 25.7 Å². The summed E-state index contributed by atoms with van der Waals surface area (Å²) in [6.45, 7) is 9.49. The van der Waals surface area contributed by atoms with Gasteiger partial charge < -0.3 is 15.0 Å². The molecule has 1 N–H and O–H groups in total. The van der Waals surface area contributed by atoms with Gasteiger partial charge in [0.1, 0.15) is 5.60 Å². The summed E-state index contributed by atoms with van der Waals surface area (Å²) < 4.78 is 6.64. The predicted octanol–water partition coefficient (Wildman–Crippen LogP) is 5.35. The summed E-state index contributed by atoms with van der Waals surface area (Å²) in [7, 11) is 0. The first kappa shape index (κ1) is 18.6. The molecule has 2 fully saturated rings.